The number of aliphatic hydroxyl groups excluding tert-OH is 1. The SMILES string of the molecule is C[C@H]1[C@H]2OC(C)(C)O[C@H]2[C@@H]2C[C@H](O)CN12. The fraction of sp³-hybridized carbons (Fsp3) is 1.00. The van der Waals surface area contributed by atoms with Crippen molar-refractivity contribution in [3.63, 3.8) is 0 Å². The molecule has 3 heterocycles. The molecule has 0 aromatic heterocycles. The highest BCUT2D eigenvalue weighted by Gasteiger charge is 2.58. The maximum Gasteiger partial charge on any atom is 0.163 e. The fourth-order valence-electron chi connectivity index (χ4n) is 3.34. The minimum atomic E-state index is -0.455. The minimum absolute atomic E-state index is 0.146. The second kappa shape index (κ2) is 2.94. The van der Waals surface area contributed by atoms with E-state index in [2.05, 4.69) is 11.8 Å². The molecule has 3 rings (SSSR count). The molecule has 0 aliphatic carbocycles. The van der Waals surface area contributed by atoms with E-state index in [-0.39, 0.29) is 18.3 Å². The first-order chi connectivity index (χ1) is 6.98. The molecule has 0 aromatic rings. The molecule has 0 bridgehead atoms. The summed E-state index contributed by atoms with van der Waals surface area (Å²) in [6, 6.07) is 0.709. The molecule has 0 saturated carbocycles. The van der Waals surface area contributed by atoms with Gasteiger partial charge in [0.1, 0.15) is 12.2 Å². The van der Waals surface area contributed by atoms with Gasteiger partial charge < -0.3 is 14.6 Å². The molecule has 0 spiro atoms. The van der Waals surface area contributed by atoms with E-state index in [4.69, 9.17) is 9.47 Å². The van der Waals surface area contributed by atoms with Gasteiger partial charge in [-0.25, -0.2) is 0 Å². The zero-order valence-electron chi connectivity index (χ0n) is 9.51. The summed E-state index contributed by atoms with van der Waals surface area (Å²) < 4.78 is 11.8. The van der Waals surface area contributed by atoms with Crippen LogP contribution in [0.25, 0.3) is 0 Å². The molecule has 86 valence electrons. The van der Waals surface area contributed by atoms with Gasteiger partial charge in [-0.15, -0.1) is 0 Å². The molecule has 0 unspecified atom stereocenters. The van der Waals surface area contributed by atoms with Crippen molar-refractivity contribution in [2.24, 2.45) is 0 Å². The maximum absolute atomic E-state index is 9.66. The summed E-state index contributed by atoms with van der Waals surface area (Å²) in [4.78, 5) is 2.33. The number of hydrogen-bond donors (Lipinski definition) is 1. The maximum atomic E-state index is 9.66. The average molecular weight is 213 g/mol. The first-order valence-corrected chi connectivity index (χ1v) is 5.77. The van der Waals surface area contributed by atoms with Crippen LogP contribution in [0.1, 0.15) is 27.2 Å². The number of aliphatic hydroxyl groups is 1. The number of hydrogen-bond acceptors (Lipinski definition) is 4. The van der Waals surface area contributed by atoms with Crippen molar-refractivity contribution in [3.8, 4) is 0 Å². The summed E-state index contributed by atoms with van der Waals surface area (Å²) in [6.45, 7) is 6.87. The van der Waals surface area contributed by atoms with Crippen LogP contribution in [-0.2, 0) is 9.47 Å². The monoisotopic (exact) mass is 213 g/mol. The summed E-state index contributed by atoms with van der Waals surface area (Å²) >= 11 is 0. The fourth-order valence-corrected chi connectivity index (χ4v) is 3.34. The van der Waals surface area contributed by atoms with E-state index in [1.54, 1.807) is 0 Å². The lowest BCUT2D eigenvalue weighted by molar-refractivity contribution is -0.164. The van der Waals surface area contributed by atoms with Crippen LogP contribution in [0.3, 0.4) is 0 Å². The molecule has 3 aliphatic rings. The normalized spacial score (nSPS) is 53.2. The standard InChI is InChI=1S/C11H19NO3/c1-6-9-10(15-11(2,3)14-9)8-4-7(13)5-12(6)8/h6-10,13H,4-5H2,1-3H3/t6-,7-,8-,9+,10-/m0/s1. The zero-order chi connectivity index (χ0) is 10.8. The van der Waals surface area contributed by atoms with Crippen molar-refractivity contribution in [2.75, 3.05) is 6.54 Å². The Morgan fingerprint density at radius 3 is 2.67 bits per heavy atom. The third-order valence-corrected chi connectivity index (χ3v) is 3.90. The summed E-state index contributed by atoms with van der Waals surface area (Å²) in [6.07, 6.45) is 0.959. The highest BCUT2D eigenvalue weighted by molar-refractivity contribution is 5.08. The minimum Gasteiger partial charge on any atom is -0.392 e. The van der Waals surface area contributed by atoms with E-state index >= 15 is 0 Å². The van der Waals surface area contributed by atoms with Crippen molar-refractivity contribution in [1.29, 1.82) is 0 Å². The summed E-state index contributed by atoms with van der Waals surface area (Å²) in [5.74, 6) is -0.455. The van der Waals surface area contributed by atoms with Crippen LogP contribution < -0.4 is 0 Å². The van der Waals surface area contributed by atoms with Gasteiger partial charge in [0, 0.05) is 18.6 Å². The molecule has 3 saturated heterocycles. The first kappa shape index (κ1) is 10.0. The Morgan fingerprint density at radius 2 is 1.93 bits per heavy atom. The molecule has 3 aliphatic heterocycles. The number of rotatable bonds is 0. The molecule has 1 N–H and O–H groups in total. The van der Waals surface area contributed by atoms with Crippen LogP contribution in [0.5, 0.6) is 0 Å². The molecular weight excluding hydrogens is 194 g/mol. The Morgan fingerprint density at radius 1 is 1.27 bits per heavy atom. The second-order valence-corrected chi connectivity index (χ2v) is 5.46. The van der Waals surface area contributed by atoms with E-state index < -0.39 is 5.79 Å². The first-order valence-electron chi connectivity index (χ1n) is 5.77. The molecule has 15 heavy (non-hydrogen) atoms. The molecule has 5 atom stereocenters. The van der Waals surface area contributed by atoms with E-state index in [1.165, 1.54) is 0 Å². The third kappa shape index (κ3) is 1.35. The Kier molecular flexibility index (Phi) is 1.97. The molecule has 4 heteroatoms. The highest BCUT2D eigenvalue weighted by atomic mass is 16.8. The van der Waals surface area contributed by atoms with E-state index in [0.29, 0.717) is 12.1 Å². The van der Waals surface area contributed by atoms with Gasteiger partial charge in [0.25, 0.3) is 0 Å². The Hall–Kier alpha value is -0.160. The predicted molar refractivity (Wildman–Crippen MR) is 54.4 cm³/mol. The Labute approximate surface area is 90.2 Å². The van der Waals surface area contributed by atoms with Crippen LogP contribution >= 0.6 is 0 Å². The Balaban J connectivity index is 1.85. The molecule has 0 radical (unpaired) electrons. The molecule has 4 nitrogen and oxygen atoms in total. The number of fused-ring (bicyclic) bond motifs is 3. The topological polar surface area (TPSA) is 41.9 Å². The highest BCUT2D eigenvalue weighted by Crippen LogP contribution is 2.43. The van der Waals surface area contributed by atoms with E-state index in [1.807, 2.05) is 13.8 Å². The Bertz CT molecular complexity index is 281. The molecular formula is C11H19NO3. The number of nitrogens with zero attached hydrogens (tertiary/aromatic N) is 1. The van der Waals surface area contributed by atoms with Gasteiger partial charge in [0.05, 0.1) is 6.10 Å². The molecule has 0 amide bonds. The smallest absolute Gasteiger partial charge is 0.163 e. The average Bonchev–Trinajstić information content (AvgIpc) is 2.69. The van der Waals surface area contributed by atoms with Crippen molar-refractivity contribution < 1.29 is 14.6 Å². The summed E-state index contributed by atoms with van der Waals surface area (Å²) in [5.41, 5.74) is 0. The van der Waals surface area contributed by atoms with Crippen molar-refractivity contribution in [2.45, 2.75) is 63.4 Å². The van der Waals surface area contributed by atoms with Crippen molar-refractivity contribution in [3.05, 3.63) is 0 Å². The van der Waals surface area contributed by atoms with Gasteiger partial charge in [0.15, 0.2) is 5.79 Å². The second-order valence-electron chi connectivity index (χ2n) is 5.46. The van der Waals surface area contributed by atoms with Crippen LogP contribution in [0.4, 0.5) is 0 Å². The quantitative estimate of drug-likeness (QED) is 0.630. The zero-order valence-corrected chi connectivity index (χ0v) is 9.51. The number of ether oxygens (including phenoxy) is 2. The largest absolute Gasteiger partial charge is 0.392 e. The van der Waals surface area contributed by atoms with Gasteiger partial charge in [-0.05, 0) is 27.2 Å². The van der Waals surface area contributed by atoms with Crippen LogP contribution in [0.15, 0.2) is 0 Å². The van der Waals surface area contributed by atoms with Gasteiger partial charge in [-0.2, -0.15) is 0 Å². The predicted octanol–water partition coefficient (Wildman–Crippen LogP) is 0.344. The molecule has 0 aromatic carbocycles. The van der Waals surface area contributed by atoms with Gasteiger partial charge in [0.2, 0.25) is 0 Å². The van der Waals surface area contributed by atoms with Crippen LogP contribution in [-0.4, -0.2) is 52.7 Å². The van der Waals surface area contributed by atoms with Gasteiger partial charge in [-0.1, -0.05) is 0 Å². The van der Waals surface area contributed by atoms with Crippen LogP contribution in [0.2, 0.25) is 0 Å². The summed E-state index contributed by atoms with van der Waals surface area (Å²) in [5, 5.41) is 9.66. The van der Waals surface area contributed by atoms with E-state index in [0.717, 1.165) is 13.0 Å². The van der Waals surface area contributed by atoms with Gasteiger partial charge >= 0.3 is 0 Å². The van der Waals surface area contributed by atoms with Crippen molar-refractivity contribution >= 4 is 0 Å². The third-order valence-electron chi connectivity index (χ3n) is 3.90. The lowest BCUT2D eigenvalue weighted by atomic mass is 10.0. The van der Waals surface area contributed by atoms with Crippen LogP contribution in [0, 0.1) is 0 Å². The van der Waals surface area contributed by atoms with Crippen molar-refractivity contribution in [1.82, 2.24) is 4.90 Å². The van der Waals surface area contributed by atoms with E-state index in [9.17, 15) is 5.11 Å². The van der Waals surface area contributed by atoms with Gasteiger partial charge in [-0.3, -0.25) is 4.90 Å². The summed E-state index contributed by atoms with van der Waals surface area (Å²) in [7, 11) is 0. The molecule has 3 fully saturated rings. The lowest BCUT2D eigenvalue weighted by Gasteiger charge is -2.27. The lowest BCUT2D eigenvalue weighted by Crippen LogP contribution is -2.38.